The highest BCUT2D eigenvalue weighted by molar-refractivity contribution is 5.46. The maximum Gasteiger partial charge on any atom is 0.435 e. The zero-order valence-electron chi connectivity index (χ0n) is 8.15. The highest BCUT2D eigenvalue weighted by Crippen LogP contribution is 2.68. The summed E-state index contributed by atoms with van der Waals surface area (Å²) in [6.07, 6.45) is -4.52. The molecule has 0 saturated heterocycles. The number of nitrogens with zero attached hydrogens (tertiary/aromatic N) is 2. The van der Waals surface area contributed by atoms with Gasteiger partial charge in [-0.2, -0.15) is 27.1 Å². The van der Waals surface area contributed by atoms with E-state index in [2.05, 4.69) is 5.10 Å². The molecule has 0 spiro atoms. The highest BCUT2D eigenvalue weighted by atomic mass is 19.4. The first-order valence-electron chi connectivity index (χ1n) is 4.77. The van der Waals surface area contributed by atoms with Gasteiger partial charge in [0.2, 0.25) is 0 Å². The molecule has 7 heteroatoms. The molecule has 1 aromatic rings. The molecule has 0 amide bonds. The van der Waals surface area contributed by atoms with Gasteiger partial charge in [0.25, 0.3) is 5.92 Å². The van der Waals surface area contributed by atoms with Crippen molar-refractivity contribution >= 4 is 0 Å². The monoisotopic (exact) mass is 238 g/mol. The Labute approximate surface area is 87.0 Å². The Kier molecular flexibility index (Phi) is 1.51. The lowest BCUT2D eigenvalue weighted by Gasteiger charge is -2.12. The molecule has 1 fully saturated rings. The van der Waals surface area contributed by atoms with E-state index in [0.29, 0.717) is 4.68 Å². The minimum Gasteiger partial charge on any atom is -0.266 e. The number of fused-ring (bicyclic) bond motifs is 3. The van der Waals surface area contributed by atoms with Gasteiger partial charge < -0.3 is 0 Å². The summed E-state index contributed by atoms with van der Waals surface area (Å²) in [6.45, 7) is 0. The van der Waals surface area contributed by atoms with Gasteiger partial charge in [-0.25, -0.2) is 0 Å². The molecule has 2 atom stereocenters. The van der Waals surface area contributed by atoms with Crippen molar-refractivity contribution in [3.8, 4) is 0 Å². The summed E-state index contributed by atoms with van der Waals surface area (Å²) in [5, 5.41) is 3.19. The molecule has 0 aliphatic heterocycles. The van der Waals surface area contributed by atoms with Gasteiger partial charge in [-0.3, -0.25) is 4.68 Å². The number of alkyl halides is 5. The van der Waals surface area contributed by atoms with Gasteiger partial charge in [-0.15, -0.1) is 0 Å². The third-order valence-electron chi connectivity index (χ3n) is 3.29. The second-order valence-corrected chi connectivity index (χ2v) is 4.30. The smallest absolute Gasteiger partial charge is 0.266 e. The van der Waals surface area contributed by atoms with Gasteiger partial charge >= 0.3 is 6.18 Å². The molecule has 1 heterocycles. The van der Waals surface area contributed by atoms with Gasteiger partial charge in [0.15, 0.2) is 5.69 Å². The predicted octanol–water partition coefficient (Wildman–Crippen LogP) is 2.65. The molecule has 1 saturated carbocycles. The van der Waals surface area contributed by atoms with Crippen LogP contribution in [0, 0.1) is 5.92 Å². The SMILES string of the molecule is Cn1nc(C(F)(F)F)c2c1C(F)(F)[C@@H]1CC21. The number of aromatic nitrogens is 2. The lowest BCUT2D eigenvalue weighted by molar-refractivity contribution is -0.142. The fourth-order valence-electron chi connectivity index (χ4n) is 2.59. The normalized spacial score (nSPS) is 30.1. The molecule has 1 unspecified atom stereocenters. The molecule has 0 aromatic carbocycles. The predicted molar refractivity (Wildman–Crippen MR) is 43.0 cm³/mol. The Morgan fingerprint density at radius 3 is 2.56 bits per heavy atom. The first kappa shape index (κ1) is 10.0. The number of aryl methyl sites for hydroxylation is 1. The molecule has 3 rings (SSSR count). The van der Waals surface area contributed by atoms with Crippen LogP contribution in [0.15, 0.2) is 0 Å². The van der Waals surface area contributed by atoms with Crippen molar-refractivity contribution in [3.05, 3.63) is 17.0 Å². The van der Waals surface area contributed by atoms with E-state index >= 15 is 0 Å². The number of rotatable bonds is 0. The zero-order chi connectivity index (χ0) is 11.9. The van der Waals surface area contributed by atoms with E-state index in [1.165, 1.54) is 0 Å². The third-order valence-corrected chi connectivity index (χ3v) is 3.29. The minimum atomic E-state index is -4.65. The van der Waals surface area contributed by atoms with Crippen molar-refractivity contribution in [1.82, 2.24) is 9.78 Å². The van der Waals surface area contributed by atoms with Crippen LogP contribution in [0.3, 0.4) is 0 Å². The zero-order valence-corrected chi connectivity index (χ0v) is 8.15. The van der Waals surface area contributed by atoms with Gasteiger partial charge in [-0.05, 0) is 12.3 Å². The molecule has 16 heavy (non-hydrogen) atoms. The third kappa shape index (κ3) is 0.985. The Balaban J connectivity index is 2.25. The standard InChI is InChI=1S/C9H7F5N2/c1-16-7-5(6(15-16)9(12,13)14)3-2-4(3)8(7,10)11/h3-4H,2H2,1H3/t3?,4-/m1/s1. The van der Waals surface area contributed by atoms with Crippen LogP contribution in [0.1, 0.15) is 29.3 Å². The van der Waals surface area contributed by atoms with E-state index < -0.39 is 35.3 Å². The summed E-state index contributed by atoms with van der Waals surface area (Å²) >= 11 is 0. The Hall–Kier alpha value is -1.14. The molecule has 1 aromatic heterocycles. The summed E-state index contributed by atoms with van der Waals surface area (Å²) in [5.74, 6) is -4.77. The van der Waals surface area contributed by atoms with Crippen molar-refractivity contribution in [1.29, 1.82) is 0 Å². The van der Waals surface area contributed by atoms with Crippen molar-refractivity contribution < 1.29 is 22.0 Å². The first-order valence-corrected chi connectivity index (χ1v) is 4.77. The summed E-state index contributed by atoms with van der Waals surface area (Å²) in [4.78, 5) is 0. The van der Waals surface area contributed by atoms with Crippen LogP contribution < -0.4 is 0 Å². The minimum absolute atomic E-state index is 0.134. The molecule has 0 N–H and O–H groups in total. The highest BCUT2D eigenvalue weighted by Gasteiger charge is 2.68. The van der Waals surface area contributed by atoms with Gasteiger partial charge in [0, 0.05) is 18.5 Å². The van der Waals surface area contributed by atoms with Crippen molar-refractivity contribution in [3.63, 3.8) is 0 Å². The van der Waals surface area contributed by atoms with Gasteiger partial charge in [0.05, 0.1) is 0 Å². The molecule has 0 bridgehead atoms. The lowest BCUT2D eigenvalue weighted by atomic mass is 10.1. The second kappa shape index (κ2) is 2.41. The number of hydrogen-bond donors (Lipinski definition) is 0. The Bertz CT molecular complexity index is 473. The molecule has 2 aliphatic carbocycles. The molecule has 0 radical (unpaired) electrons. The van der Waals surface area contributed by atoms with E-state index in [4.69, 9.17) is 0 Å². The van der Waals surface area contributed by atoms with E-state index in [9.17, 15) is 22.0 Å². The first-order chi connectivity index (χ1) is 7.24. The Morgan fingerprint density at radius 1 is 1.38 bits per heavy atom. The van der Waals surface area contributed by atoms with Crippen molar-refractivity contribution in [2.45, 2.75) is 24.4 Å². The van der Waals surface area contributed by atoms with E-state index in [1.807, 2.05) is 0 Å². The quantitative estimate of drug-likeness (QED) is 0.635. The van der Waals surface area contributed by atoms with Crippen LogP contribution in [0.25, 0.3) is 0 Å². The van der Waals surface area contributed by atoms with E-state index in [1.54, 1.807) is 0 Å². The average molecular weight is 238 g/mol. The summed E-state index contributed by atoms with van der Waals surface area (Å²) in [5.41, 5.74) is -1.99. The topological polar surface area (TPSA) is 17.8 Å². The molecule has 2 nitrogen and oxygen atoms in total. The van der Waals surface area contributed by atoms with Crippen LogP contribution in [0.2, 0.25) is 0 Å². The largest absolute Gasteiger partial charge is 0.435 e. The maximum absolute atomic E-state index is 13.6. The van der Waals surface area contributed by atoms with Crippen LogP contribution >= 0.6 is 0 Å². The number of halogens is 5. The van der Waals surface area contributed by atoms with Crippen LogP contribution in [-0.4, -0.2) is 9.78 Å². The Morgan fingerprint density at radius 2 is 2.00 bits per heavy atom. The summed E-state index contributed by atoms with van der Waals surface area (Å²) in [6, 6.07) is 0. The van der Waals surface area contributed by atoms with Crippen LogP contribution in [0.4, 0.5) is 22.0 Å². The fourth-order valence-corrected chi connectivity index (χ4v) is 2.59. The summed E-state index contributed by atoms with van der Waals surface area (Å²) in [7, 11) is 1.13. The van der Waals surface area contributed by atoms with Gasteiger partial charge in [0.1, 0.15) is 5.69 Å². The second-order valence-electron chi connectivity index (χ2n) is 4.30. The maximum atomic E-state index is 13.6. The van der Waals surface area contributed by atoms with E-state index in [0.717, 1.165) is 7.05 Å². The van der Waals surface area contributed by atoms with Crippen LogP contribution in [0.5, 0.6) is 0 Å². The number of hydrogen-bond acceptors (Lipinski definition) is 1. The molecule has 88 valence electrons. The fraction of sp³-hybridized carbons (Fsp3) is 0.667. The lowest BCUT2D eigenvalue weighted by Crippen LogP contribution is -2.18. The van der Waals surface area contributed by atoms with Crippen molar-refractivity contribution in [2.75, 3.05) is 0 Å². The van der Waals surface area contributed by atoms with E-state index in [-0.39, 0.29) is 12.0 Å². The van der Waals surface area contributed by atoms with Gasteiger partial charge in [-0.1, -0.05) is 0 Å². The van der Waals surface area contributed by atoms with Crippen molar-refractivity contribution in [2.24, 2.45) is 13.0 Å². The average Bonchev–Trinajstić information content (AvgIpc) is 2.76. The molecular formula is C9H7F5N2. The summed E-state index contributed by atoms with van der Waals surface area (Å²) < 4.78 is 65.6. The molecule has 2 aliphatic rings. The van der Waals surface area contributed by atoms with Crippen LogP contribution in [-0.2, 0) is 19.1 Å². The molecular weight excluding hydrogens is 231 g/mol.